The number of rotatable bonds is 11. The van der Waals surface area contributed by atoms with Crippen LogP contribution in [0.25, 0.3) is 0 Å². The summed E-state index contributed by atoms with van der Waals surface area (Å²) in [4.78, 5) is 13.7. The third-order valence-corrected chi connectivity index (χ3v) is 7.92. The van der Waals surface area contributed by atoms with Crippen molar-refractivity contribution in [2.24, 2.45) is 0 Å². The summed E-state index contributed by atoms with van der Waals surface area (Å²) in [5.74, 6) is -0.237. The van der Waals surface area contributed by atoms with Gasteiger partial charge in [0.15, 0.2) is 0 Å². The normalized spacial score (nSPS) is 14.2. The molecule has 1 aliphatic heterocycles. The molecule has 4 N–H and O–H groups in total. The van der Waals surface area contributed by atoms with Gasteiger partial charge in [0.25, 0.3) is 0 Å². The summed E-state index contributed by atoms with van der Waals surface area (Å²) < 4.78 is 7.53. The van der Waals surface area contributed by atoms with Gasteiger partial charge in [0, 0.05) is 30.9 Å². The topological polar surface area (TPSA) is 97.3 Å². The largest absolute Gasteiger partial charge is 0.507 e. The third kappa shape index (κ3) is 7.19. The molecule has 3 aromatic rings. The molecule has 39 heavy (non-hydrogen) atoms. The Morgan fingerprint density at radius 2 is 1.90 bits per heavy atom. The summed E-state index contributed by atoms with van der Waals surface area (Å²) in [6.45, 7) is 7.65. The monoisotopic (exact) mass is 614 g/mol. The van der Waals surface area contributed by atoms with E-state index in [0.29, 0.717) is 18.8 Å². The molecule has 1 heterocycles. The van der Waals surface area contributed by atoms with E-state index >= 15 is 0 Å². The van der Waals surface area contributed by atoms with Crippen molar-refractivity contribution in [2.75, 3.05) is 30.6 Å². The van der Waals surface area contributed by atoms with Crippen LogP contribution in [0.15, 0.2) is 59.5 Å². The van der Waals surface area contributed by atoms with Crippen molar-refractivity contribution in [3.05, 3.63) is 76.9 Å². The van der Waals surface area contributed by atoms with Crippen molar-refractivity contribution in [3.8, 4) is 11.5 Å². The third-order valence-electron chi connectivity index (χ3n) is 6.55. The number of para-hydroxylation sites is 1. The van der Waals surface area contributed by atoms with Crippen LogP contribution in [0.4, 0.5) is 11.4 Å². The molecule has 3 aromatic carbocycles. The molecule has 208 valence electrons. The molecule has 0 spiro atoms. The first-order valence-electron chi connectivity index (χ1n) is 12.9. The lowest BCUT2D eigenvalue weighted by Gasteiger charge is -2.25. The number of phenolic OH excluding ortho intramolecular Hbond substituents is 2. The first kappa shape index (κ1) is 29.1. The fourth-order valence-electron chi connectivity index (χ4n) is 4.66. The fourth-order valence-corrected chi connectivity index (χ4v) is 6.28. The van der Waals surface area contributed by atoms with Gasteiger partial charge in [-0.25, -0.2) is 4.31 Å². The van der Waals surface area contributed by atoms with Gasteiger partial charge < -0.3 is 20.4 Å². The molecule has 2 unspecified atom stereocenters. The van der Waals surface area contributed by atoms with E-state index in [4.69, 9.17) is 4.74 Å². The minimum absolute atomic E-state index is 0.125. The van der Waals surface area contributed by atoms with E-state index in [1.54, 1.807) is 24.1 Å². The van der Waals surface area contributed by atoms with Crippen molar-refractivity contribution >= 4 is 45.2 Å². The number of carbonyl (C=O) groups excluding carboxylic acids is 1. The Balaban J connectivity index is 1.69. The molecule has 4 rings (SSSR count). The first-order valence-corrected chi connectivity index (χ1v) is 14.6. The number of aryl methyl sites for hydroxylation is 1. The average molecular weight is 616 g/mol. The number of alkyl halides is 1. The summed E-state index contributed by atoms with van der Waals surface area (Å²) in [6, 6.07) is 17.3. The number of hydrogen-bond donors (Lipinski definition) is 4. The molecule has 10 heteroatoms. The molecule has 8 nitrogen and oxygen atoms in total. The maximum absolute atomic E-state index is 12.7. The number of hydrazine groups is 2. The van der Waals surface area contributed by atoms with E-state index in [-0.39, 0.29) is 34.6 Å². The second kappa shape index (κ2) is 13.0. The van der Waals surface area contributed by atoms with E-state index in [9.17, 15) is 15.0 Å². The highest BCUT2D eigenvalue weighted by Crippen LogP contribution is 2.42. The van der Waals surface area contributed by atoms with Gasteiger partial charge in [-0.15, -0.1) is 5.53 Å². The van der Waals surface area contributed by atoms with E-state index < -0.39 is 0 Å². The molecule has 0 fully saturated rings. The molecule has 0 radical (unpaired) electrons. The number of hydrogen-bond acceptors (Lipinski definition) is 9. The van der Waals surface area contributed by atoms with E-state index in [2.05, 4.69) is 57.2 Å². The molecule has 0 saturated heterocycles. The van der Waals surface area contributed by atoms with Crippen molar-refractivity contribution in [3.63, 3.8) is 0 Å². The highest BCUT2D eigenvalue weighted by Gasteiger charge is 2.26. The first-order chi connectivity index (χ1) is 18.7. The summed E-state index contributed by atoms with van der Waals surface area (Å²) in [5.41, 5.74) is 11.5. The van der Waals surface area contributed by atoms with Gasteiger partial charge in [-0.1, -0.05) is 53.2 Å². The van der Waals surface area contributed by atoms with Crippen molar-refractivity contribution < 1.29 is 19.7 Å². The summed E-state index contributed by atoms with van der Waals surface area (Å²) >= 11 is 5.19. The lowest BCUT2D eigenvalue weighted by Crippen LogP contribution is -2.31. The van der Waals surface area contributed by atoms with Crippen LogP contribution >= 0.6 is 27.9 Å². The lowest BCUT2D eigenvalue weighted by atomic mass is 9.86. The van der Waals surface area contributed by atoms with Gasteiger partial charge in [-0.3, -0.25) is 9.80 Å². The number of benzene rings is 3. The van der Waals surface area contributed by atoms with Gasteiger partial charge in [0.05, 0.1) is 23.6 Å². The number of fused-ring (bicyclic) bond motifs is 1. The van der Waals surface area contributed by atoms with Crippen molar-refractivity contribution in [1.82, 2.24) is 9.84 Å². The molecule has 0 bridgehead atoms. The lowest BCUT2D eigenvalue weighted by molar-refractivity contribution is -0.143. The Labute approximate surface area is 242 Å². The zero-order chi connectivity index (χ0) is 28.1. The number of nitrogens with one attached hydrogen (secondary N) is 2. The van der Waals surface area contributed by atoms with Gasteiger partial charge in [0.1, 0.15) is 17.2 Å². The standard InChI is InChI=1S/C29H35BrN4O4S/c1-5-38-28(37)15-23(21-13-24-29(26(36)14-21)33(4)32-31-24)20-11-10-18(2)22(12-20)17-34(16-19(3)30)39-27-9-7-6-8-25(27)35/h6-14,19,23,31-32,35-36H,5,15-17H2,1-4H3. The number of anilines is 2. The van der Waals surface area contributed by atoms with Gasteiger partial charge in [0.2, 0.25) is 0 Å². The molecule has 0 aliphatic carbocycles. The van der Waals surface area contributed by atoms with Crippen LogP contribution < -0.4 is 16.0 Å². The number of ether oxygens (including phenoxy) is 1. The van der Waals surface area contributed by atoms with E-state index in [0.717, 1.165) is 39.4 Å². The predicted octanol–water partition coefficient (Wildman–Crippen LogP) is 6.07. The van der Waals surface area contributed by atoms with Crippen molar-refractivity contribution in [2.45, 2.75) is 49.4 Å². The Morgan fingerprint density at radius 1 is 1.13 bits per heavy atom. The maximum Gasteiger partial charge on any atom is 0.306 e. The van der Waals surface area contributed by atoms with Gasteiger partial charge in [-0.2, -0.15) is 0 Å². The van der Waals surface area contributed by atoms with Crippen LogP contribution in [0.3, 0.4) is 0 Å². The Bertz CT molecular complexity index is 1320. The second-order valence-electron chi connectivity index (χ2n) is 9.64. The minimum Gasteiger partial charge on any atom is -0.507 e. The molecule has 0 amide bonds. The number of aromatic hydroxyl groups is 2. The Hall–Kier alpha value is -2.92. The quantitative estimate of drug-likeness (QED) is 0.117. The molecule has 0 saturated carbocycles. The van der Waals surface area contributed by atoms with E-state index in [1.165, 1.54) is 11.9 Å². The number of nitrogens with zero attached hydrogens (tertiary/aromatic N) is 2. The summed E-state index contributed by atoms with van der Waals surface area (Å²) in [7, 11) is 1.81. The van der Waals surface area contributed by atoms with Crippen LogP contribution in [-0.2, 0) is 16.1 Å². The highest BCUT2D eigenvalue weighted by atomic mass is 79.9. The highest BCUT2D eigenvalue weighted by molar-refractivity contribution is 9.09. The van der Waals surface area contributed by atoms with Crippen LogP contribution in [0.2, 0.25) is 0 Å². The predicted molar refractivity (Wildman–Crippen MR) is 160 cm³/mol. The van der Waals surface area contributed by atoms with Crippen molar-refractivity contribution in [1.29, 1.82) is 0 Å². The number of halogens is 1. The van der Waals surface area contributed by atoms with Gasteiger partial charge >= 0.3 is 5.97 Å². The molecular formula is C29H35BrN4O4S. The van der Waals surface area contributed by atoms with Crippen LogP contribution in [0.1, 0.15) is 48.4 Å². The molecule has 0 aromatic heterocycles. The summed E-state index contributed by atoms with van der Waals surface area (Å²) in [5, 5.41) is 22.9. The molecular weight excluding hydrogens is 580 g/mol. The zero-order valence-electron chi connectivity index (χ0n) is 22.6. The SMILES string of the molecule is CCOC(=O)CC(c1ccc(C)c(CN(CC(C)Br)Sc2ccccc2O)c1)c1cc(O)c2c(c1)NNN2C. The van der Waals surface area contributed by atoms with Gasteiger partial charge in [-0.05, 0) is 72.3 Å². The average Bonchev–Trinajstić information content (AvgIpc) is 3.26. The number of esters is 1. The smallest absolute Gasteiger partial charge is 0.306 e. The fraction of sp³-hybridized carbons (Fsp3) is 0.345. The number of phenols is 2. The minimum atomic E-state index is -0.318. The molecule has 2 atom stereocenters. The number of carbonyl (C=O) groups is 1. The zero-order valence-corrected chi connectivity index (χ0v) is 25.0. The van der Waals surface area contributed by atoms with Crippen LogP contribution in [-0.4, -0.2) is 45.5 Å². The summed E-state index contributed by atoms with van der Waals surface area (Å²) in [6.07, 6.45) is 0.145. The molecule has 1 aliphatic rings. The van der Waals surface area contributed by atoms with Crippen LogP contribution in [0.5, 0.6) is 11.5 Å². The second-order valence-corrected chi connectivity index (χ2v) is 12.3. The Kier molecular flexibility index (Phi) is 9.66. The van der Waals surface area contributed by atoms with E-state index in [1.807, 2.05) is 37.4 Å². The maximum atomic E-state index is 12.7. The Morgan fingerprint density at radius 3 is 2.62 bits per heavy atom. The van der Waals surface area contributed by atoms with Crippen LogP contribution in [0, 0.1) is 6.92 Å².